The standard InChI is InChI=1S/C62H120O17P2/c1-6-9-12-15-18-20-21-24-27-32-36-41-46-60(65)73-52-58(79-62(67)48-43-38-33-28-25-22-23-26-30-34-39-44-55(4)5)54-77-81(70,71)75-50-56(63)49-74-80(68,69)76-53-57(51-72-59(64)45-40-35-29-17-14-11-8-3)78-61(66)47-42-37-31-19-16-13-10-7-2/h55-58,63H,6-54H2,1-5H3,(H,68,69)(H,70,71)/t56-,57+,58+/m0/s1. The van der Waals surface area contributed by atoms with Gasteiger partial charge in [-0.15, -0.1) is 0 Å². The largest absolute Gasteiger partial charge is 0.472 e. The van der Waals surface area contributed by atoms with Gasteiger partial charge in [0.05, 0.1) is 26.4 Å². The minimum absolute atomic E-state index is 0.105. The van der Waals surface area contributed by atoms with E-state index in [4.69, 9.17) is 37.0 Å². The molecule has 0 radical (unpaired) electrons. The molecule has 0 aromatic rings. The van der Waals surface area contributed by atoms with E-state index >= 15 is 0 Å². The van der Waals surface area contributed by atoms with E-state index in [0.717, 1.165) is 115 Å². The third-order valence-electron chi connectivity index (χ3n) is 14.3. The third-order valence-corrected chi connectivity index (χ3v) is 16.2. The lowest BCUT2D eigenvalue weighted by Crippen LogP contribution is -2.30. The maximum Gasteiger partial charge on any atom is 0.472 e. The Bertz CT molecular complexity index is 1580. The summed E-state index contributed by atoms with van der Waals surface area (Å²) >= 11 is 0. The minimum Gasteiger partial charge on any atom is -0.462 e. The normalized spacial score (nSPS) is 14.3. The van der Waals surface area contributed by atoms with Crippen molar-refractivity contribution >= 4 is 39.5 Å². The highest BCUT2D eigenvalue weighted by Crippen LogP contribution is 2.45. The zero-order valence-corrected chi connectivity index (χ0v) is 53.7. The predicted molar refractivity (Wildman–Crippen MR) is 322 cm³/mol. The molecule has 0 aromatic heterocycles. The van der Waals surface area contributed by atoms with Crippen molar-refractivity contribution in [2.24, 2.45) is 5.92 Å². The summed E-state index contributed by atoms with van der Waals surface area (Å²) < 4.78 is 67.8. The molecule has 0 saturated heterocycles. The van der Waals surface area contributed by atoms with Crippen LogP contribution in [0, 0.1) is 5.92 Å². The number of hydrogen-bond acceptors (Lipinski definition) is 15. The van der Waals surface area contributed by atoms with E-state index in [1.165, 1.54) is 116 Å². The van der Waals surface area contributed by atoms with Gasteiger partial charge in [-0.1, -0.05) is 259 Å². The van der Waals surface area contributed by atoms with Crippen molar-refractivity contribution in [2.75, 3.05) is 39.6 Å². The topological polar surface area (TPSA) is 237 Å². The number of hydrogen-bond donors (Lipinski definition) is 3. The summed E-state index contributed by atoms with van der Waals surface area (Å²) in [6.07, 6.45) is 39.0. The maximum absolute atomic E-state index is 13.0. The zero-order valence-electron chi connectivity index (χ0n) is 51.9. The molecule has 3 N–H and O–H groups in total. The molecule has 0 aliphatic heterocycles. The Labute approximate surface area is 492 Å². The fourth-order valence-electron chi connectivity index (χ4n) is 9.23. The molecule has 0 heterocycles. The van der Waals surface area contributed by atoms with Crippen LogP contribution in [-0.4, -0.2) is 96.7 Å². The molecule has 5 atom stereocenters. The number of ether oxygens (including phenoxy) is 4. The molecule has 480 valence electrons. The van der Waals surface area contributed by atoms with Gasteiger partial charge in [-0.2, -0.15) is 0 Å². The summed E-state index contributed by atoms with van der Waals surface area (Å²) in [6, 6.07) is 0. The van der Waals surface area contributed by atoms with Gasteiger partial charge in [0.15, 0.2) is 12.2 Å². The second kappa shape index (κ2) is 55.9. The fraction of sp³-hybridized carbons (Fsp3) is 0.935. The third kappa shape index (κ3) is 56.9. The minimum atomic E-state index is -4.94. The SMILES string of the molecule is CCCCCCCCCCCCCCC(=O)OC[C@H](COP(=O)(O)OC[C@@H](O)COP(=O)(O)OC[C@@H](COC(=O)CCCCCCCCC)OC(=O)CCCCCCCCCC)OC(=O)CCCCCCCCCCCCCC(C)C. The number of carbonyl (C=O) groups excluding carboxylic acids is 4. The van der Waals surface area contributed by atoms with Gasteiger partial charge in [0.1, 0.15) is 19.3 Å². The van der Waals surface area contributed by atoms with Crippen LogP contribution in [0.5, 0.6) is 0 Å². The van der Waals surface area contributed by atoms with Crippen molar-refractivity contribution in [3.8, 4) is 0 Å². The van der Waals surface area contributed by atoms with Crippen molar-refractivity contribution < 1.29 is 80.2 Å². The van der Waals surface area contributed by atoms with Crippen LogP contribution >= 0.6 is 15.6 Å². The quantitative estimate of drug-likeness (QED) is 0.0222. The van der Waals surface area contributed by atoms with Crippen LogP contribution in [0.2, 0.25) is 0 Å². The van der Waals surface area contributed by atoms with Crippen LogP contribution < -0.4 is 0 Å². The van der Waals surface area contributed by atoms with Gasteiger partial charge < -0.3 is 33.8 Å². The number of carbonyl (C=O) groups is 4. The van der Waals surface area contributed by atoms with Crippen LogP contribution in [0.15, 0.2) is 0 Å². The predicted octanol–water partition coefficient (Wildman–Crippen LogP) is 17.0. The number of phosphoric ester groups is 2. The second-order valence-electron chi connectivity index (χ2n) is 22.9. The number of aliphatic hydroxyl groups is 1. The molecule has 0 bridgehead atoms. The van der Waals surface area contributed by atoms with Crippen molar-refractivity contribution in [3.05, 3.63) is 0 Å². The molecular weight excluding hydrogens is 1080 g/mol. The molecule has 19 heteroatoms. The van der Waals surface area contributed by atoms with Gasteiger partial charge in [-0.25, -0.2) is 9.13 Å². The highest BCUT2D eigenvalue weighted by Gasteiger charge is 2.30. The Balaban J connectivity index is 5.20. The van der Waals surface area contributed by atoms with E-state index in [9.17, 15) is 43.2 Å². The maximum atomic E-state index is 13.0. The number of esters is 4. The summed E-state index contributed by atoms with van der Waals surface area (Å²) in [7, 11) is -9.87. The van der Waals surface area contributed by atoms with E-state index < -0.39 is 97.5 Å². The average Bonchev–Trinajstić information content (AvgIpc) is 3.43. The first-order chi connectivity index (χ1) is 39.0. The molecule has 0 aliphatic rings. The zero-order chi connectivity index (χ0) is 59.9. The molecule has 0 spiro atoms. The van der Waals surface area contributed by atoms with Crippen LogP contribution in [-0.2, 0) is 65.4 Å². The molecule has 0 aliphatic carbocycles. The summed E-state index contributed by atoms with van der Waals surface area (Å²) in [4.78, 5) is 71.9. The lowest BCUT2D eigenvalue weighted by atomic mass is 10.0. The molecule has 0 aromatic carbocycles. The van der Waals surface area contributed by atoms with Gasteiger partial charge in [-0.3, -0.25) is 37.3 Å². The van der Waals surface area contributed by atoms with Crippen molar-refractivity contribution in [1.29, 1.82) is 0 Å². The Morgan fingerprint density at radius 2 is 0.568 bits per heavy atom. The first-order valence-corrected chi connectivity index (χ1v) is 35.6. The Morgan fingerprint density at radius 1 is 0.333 bits per heavy atom. The van der Waals surface area contributed by atoms with Gasteiger partial charge >= 0.3 is 39.5 Å². The molecule has 17 nitrogen and oxygen atoms in total. The highest BCUT2D eigenvalue weighted by atomic mass is 31.2. The summed E-state index contributed by atoms with van der Waals surface area (Å²) in [5.41, 5.74) is 0. The molecule has 0 saturated carbocycles. The number of aliphatic hydroxyl groups excluding tert-OH is 1. The molecule has 0 amide bonds. The Kier molecular flexibility index (Phi) is 54.6. The summed E-state index contributed by atoms with van der Waals surface area (Å²) in [6.45, 7) is 7.11. The van der Waals surface area contributed by atoms with E-state index in [1.54, 1.807) is 0 Å². The van der Waals surface area contributed by atoms with Crippen LogP contribution in [0.4, 0.5) is 0 Å². The monoisotopic (exact) mass is 1200 g/mol. The lowest BCUT2D eigenvalue weighted by Gasteiger charge is -2.21. The lowest BCUT2D eigenvalue weighted by molar-refractivity contribution is -0.161. The van der Waals surface area contributed by atoms with Gasteiger partial charge in [0.2, 0.25) is 0 Å². The first kappa shape index (κ1) is 79.1. The average molecular weight is 1200 g/mol. The van der Waals surface area contributed by atoms with E-state index in [1.807, 2.05) is 0 Å². The van der Waals surface area contributed by atoms with Crippen molar-refractivity contribution in [1.82, 2.24) is 0 Å². The summed E-state index contributed by atoms with van der Waals surface area (Å²) in [5.74, 6) is -1.38. The van der Waals surface area contributed by atoms with Crippen molar-refractivity contribution in [3.63, 3.8) is 0 Å². The van der Waals surface area contributed by atoms with E-state index in [-0.39, 0.29) is 25.7 Å². The molecule has 2 unspecified atom stereocenters. The molecular formula is C62H120O17P2. The van der Waals surface area contributed by atoms with Crippen molar-refractivity contribution in [2.45, 2.75) is 329 Å². The Hall–Kier alpha value is -1.94. The number of phosphoric acid groups is 2. The van der Waals surface area contributed by atoms with Gasteiger partial charge in [0, 0.05) is 25.7 Å². The Morgan fingerprint density at radius 3 is 0.840 bits per heavy atom. The highest BCUT2D eigenvalue weighted by molar-refractivity contribution is 7.47. The number of rotatable bonds is 62. The van der Waals surface area contributed by atoms with Crippen LogP contribution in [0.3, 0.4) is 0 Å². The van der Waals surface area contributed by atoms with E-state index in [0.29, 0.717) is 25.7 Å². The van der Waals surface area contributed by atoms with Crippen LogP contribution in [0.25, 0.3) is 0 Å². The smallest absolute Gasteiger partial charge is 0.462 e. The first-order valence-electron chi connectivity index (χ1n) is 32.6. The van der Waals surface area contributed by atoms with E-state index in [2.05, 4.69) is 34.6 Å². The fourth-order valence-corrected chi connectivity index (χ4v) is 10.8. The molecule has 0 rings (SSSR count). The molecule has 81 heavy (non-hydrogen) atoms. The summed E-state index contributed by atoms with van der Waals surface area (Å²) in [5, 5.41) is 10.5. The second-order valence-corrected chi connectivity index (χ2v) is 25.8. The van der Waals surface area contributed by atoms with Gasteiger partial charge in [-0.05, 0) is 31.6 Å². The number of unbranched alkanes of at least 4 members (excludes halogenated alkanes) is 34. The van der Waals surface area contributed by atoms with Gasteiger partial charge in [0.25, 0.3) is 0 Å². The molecule has 0 fully saturated rings. The van der Waals surface area contributed by atoms with Crippen LogP contribution in [0.1, 0.15) is 311 Å².